The summed E-state index contributed by atoms with van der Waals surface area (Å²) < 4.78 is 14.9. The van der Waals surface area contributed by atoms with Crippen LogP contribution < -0.4 is 10.6 Å². The van der Waals surface area contributed by atoms with Crippen molar-refractivity contribution in [3.8, 4) is 0 Å². The van der Waals surface area contributed by atoms with Crippen molar-refractivity contribution in [3.05, 3.63) is 65.4 Å². The molecule has 1 aliphatic carbocycles. The van der Waals surface area contributed by atoms with Crippen LogP contribution in [0.3, 0.4) is 0 Å². The molecule has 1 atom stereocenters. The minimum atomic E-state index is -0.325. The first-order valence-electron chi connectivity index (χ1n) is 11.0. The van der Waals surface area contributed by atoms with Gasteiger partial charge in [-0.2, -0.15) is 4.98 Å². The summed E-state index contributed by atoms with van der Waals surface area (Å²) in [4.78, 5) is 25.5. The fourth-order valence-electron chi connectivity index (χ4n) is 4.01. The number of aromatic nitrogens is 3. The number of hydrogen-bond donors (Lipinski definition) is 3. The Hall–Kier alpha value is -3.68. The Labute approximate surface area is 192 Å². The Morgan fingerprint density at radius 1 is 1.27 bits per heavy atom. The number of rotatable bonds is 7. The summed E-state index contributed by atoms with van der Waals surface area (Å²) in [5.41, 5.74) is 4.13. The highest BCUT2D eigenvalue weighted by Crippen LogP contribution is 2.28. The SMILES string of the molecule is Cc1cc2c(F)c(Nc3ccnc(NC4=CC(C)CC(CCC(=O)N(C)C)=C4)n3)ccc2[nH]1. The molecule has 172 valence electrons. The van der Waals surface area contributed by atoms with Crippen LogP contribution in [-0.4, -0.2) is 39.9 Å². The van der Waals surface area contributed by atoms with Gasteiger partial charge in [0.15, 0.2) is 5.82 Å². The molecule has 0 saturated carbocycles. The second kappa shape index (κ2) is 9.44. The van der Waals surface area contributed by atoms with Gasteiger partial charge in [-0.05, 0) is 56.0 Å². The van der Waals surface area contributed by atoms with Crippen molar-refractivity contribution in [2.24, 2.45) is 5.92 Å². The maximum absolute atomic E-state index is 14.9. The molecular formula is C25H29FN6O. The second-order valence-electron chi connectivity index (χ2n) is 8.75. The minimum Gasteiger partial charge on any atom is -0.359 e. The van der Waals surface area contributed by atoms with Crippen LogP contribution in [0.15, 0.2) is 53.9 Å². The summed E-state index contributed by atoms with van der Waals surface area (Å²) in [6.45, 7) is 4.04. The normalized spacial score (nSPS) is 15.7. The lowest BCUT2D eigenvalue weighted by atomic mass is 9.91. The number of halogens is 1. The van der Waals surface area contributed by atoms with Crippen molar-refractivity contribution in [2.75, 3.05) is 24.7 Å². The molecule has 2 heterocycles. The van der Waals surface area contributed by atoms with E-state index in [0.717, 1.165) is 29.7 Å². The molecule has 1 aliphatic rings. The van der Waals surface area contributed by atoms with Crippen molar-refractivity contribution >= 4 is 34.3 Å². The van der Waals surface area contributed by atoms with Gasteiger partial charge in [-0.1, -0.05) is 18.6 Å². The monoisotopic (exact) mass is 448 g/mol. The third-order valence-electron chi connectivity index (χ3n) is 5.61. The molecule has 2 aromatic heterocycles. The minimum absolute atomic E-state index is 0.120. The van der Waals surface area contributed by atoms with Crippen LogP contribution in [0.25, 0.3) is 10.9 Å². The molecule has 0 spiro atoms. The van der Waals surface area contributed by atoms with Crippen LogP contribution in [0.5, 0.6) is 0 Å². The number of amides is 1. The van der Waals surface area contributed by atoms with Gasteiger partial charge in [-0.3, -0.25) is 4.79 Å². The van der Waals surface area contributed by atoms with Crippen molar-refractivity contribution in [1.29, 1.82) is 0 Å². The molecule has 33 heavy (non-hydrogen) atoms. The number of nitrogens with zero attached hydrogens (tertiary/aromatic N) is 3. The van der Waals surface area contributed by atoms with E-state index in [1.165, 1.54) is 5.57 Å². The number of allylic oxidation sites excluding steroid dienone is 3. The van der Waals surface area contributed by atoms with Crippen molar-refractivity contribution in [3.63, 3.8) is 0 Å². The van der Waals surface area contributed by atoms with Crippen molar-refractivity contribution in [2.45, 2.75) is 33.1 Å². The first-order valence-corrected chi connectivity index (χ1v) is 11.0. The van der Waals surface area contributed by atoms with E-state index in [-0.39, 0.29) is 11.7 Å². The zero-order chi connectivity index (χ0) is 23.5. The highest BCUT2D eigenvalue weighted by Gasteiger charge is 2.15. The predicted molar refractivity (Wildman–Crippen MR) is 130 cm³/mol. The first-order chi connectivity index (χ1) is 15.8. The van der Waals surface area contributed by atoms with Crippen LogP contribution >= 0.6 is 0 Å². The van der Waals surface area contributed by atoms with Crippen LogP contribution in [0.4, 0.5) is 21.8 Å². The number of aromatic amines is 1. The second-order valence-corrected chi connectivity index (χ2v) is 8.75. The molecule has 0 radical (unpaired) electrons. The summed E-state index contributed by atoms with van der Waals surface area (Å²) in [7, 11) is 3.55. The molecule has 0 fully saturated rings. The highest BCUT2D eigenvalue weighted by atomic mass is 19.1. The number of aryl methyl sites for hydroxylation is 1. The van der Waals surface area contributed by atoms with Gasteiger partial charge in [0.05, 0.1) is 5.69 Å². The summed E-state index contributed by atoms with van der Waals surface area (Å²) in [5, 5.41) is 6.85. The van der Waals surface area contributed by atoms with E-state index in [4.69, 9.17) is 0 Å². The zero-order valence-electron chi connectivity index (χ0n) is 19.4. The third kappa shape index (κ3) is 5.39. The Balaban J connectivity index is 1.47. The van der Waals surface area contributed by atoms with Gasteiger partial charge in [0.25, 0.3) is 0 Å². The molecule has 3 N–H and O–H groups in total. The van der Waals surface area contributed by atoms with Gasteiger partial charge < -0.3 is 20.5 Å². The highest BCUT2D eigenvalue weighted by molar-refractivity contribution is 5.85. The topological polar surface area (TPSA) is 85.9 Å². The lowest BCUT2D eigenvalue weighted by Gasteiger charge is -2.20. The number of H-pyrrole nitrogens is 1. The van der Waals surface area contributed by atoms with E-state index < -0.39 is 0 Å². The maximum Gasteiger partial charge on any atom is 0.229 e. The van der Waals surface area contributed by atoms with Crippen LogP contribution in [0.2, 0.25) is 0 Å². The fraction of sp³-hybridized carbons (Fsp3) is 0.320. The smallest absolute Gasteiger partial charge is 0.229 e. The van der Waals surface area contributed by atoms with Gasteiger partial charge in [0, 0.05) is 49.0 Å². The van der Waals surface area contributed by atoms with E-state index in [2.05, 4.69) is 44.7 Å². The lowest BCUT2D eigenvalue weighted by molar-refractivity contribution is -0.128. The number of nitrogens with one attached hydrogen (secondary N) is 3. The molecule has 4 rings (SSSR count). The van der Waals surface area contributed by atoms with Crippen molar-refractivity contribution < 1.29 is 9.18 Å². The lowest BCUT2D eigenvalue weighted by Crippen LogP contribution is -2.21. The van der Waals surface area contributed by atoms with E-state index in [1.54, 1.807) is 43.4 Å². The van der Waals surface area contributed by atoms with Crippen LogP contribution in [0, 0.1) is 18.7 Å². The Kier molecular flexibility index (Phi) is 6.44. The molecule has 0 aliphatic heterocycles. The standard InChI is InChI=1S/C25H29FN6O/c1-15-11-17(5-8-23(33)32(3)4)14-18(12-15)29-25-27-10-9-22(31-25)30-21-7-6-20-19(24(21)26)13-16(2)28-20/h6-7,9-10,12-15,28H,5,8,11H2,1-4H3,(H2,27,29,30,31). The Morgan fingerprint density at radius 2 is 2.09 bits per heavy atom. The average Bonchev–Trinajstić information content (AvgIpc) is 3.15. The van der Waals surface area contributed by atoms with Gasteiger partial charge in [-0.25, -0.2) is 9.37 Å². The average molecular weight is 449 g/mol. The number of anilines is 3. The van der Waals surface area contributed by atoms with Crippen molar-refractivity contribution in [1.82, 2.24) is 19.9 Å². The largest absolute Gasteiger partial charge is 0.359 e. The van der Waals surface area contributed by atoms with Gasteiger partial charge in [-0.15, -0.1) is 0 Å². The van der Waals surface area contributed by atoms with E-state index in [1.807, 2.05) is 13.0 Å². The molecule has 0 bridgehead atoms. The summed E-state index contributed by atoms with van der Waals surface area (Å²) >= 11 is 0. The fourth-order valence-corrected chi connectivity index (χ4v) is 4.01. The molecular weight excluding hydrogens is 419 g/mol. The Bertz CT molecular complexity index is 1240. The van der Waals surface area contributed by atoms with Crippen LogP contribution in [0.1, 0.15) is 31.9 Å². The summed E-state index contributed by atoms with van der Waals surface area (Å²) in [6, 6.07) is 7.02. The molecule has 7 nitrogen and oxygen atoms in total. The Morgan fingerprint density at radius 3 is 2.88 bits per heavy atom. The summed E-state index contributed by atoms with van der Waals surface area (Å²) in [6.07, 6.45) is 7.96. The molecule has 3 aromatic rings. The van der Waals surface area contributed by atoms with E-state index >= 15 is 0 Å². The molecule has 1 aromatic carbocycles. The number of carbonyl (C=O) groups is 1. The maximum atomic E-state index is 14.9. The number of carbonyl (C=O) groups excluding carboxylic acids is 1. The van der Waals surface area contributed by atoms with Crippen LogP contribution in [-0.2, 0) is 4.79 Å². The molecule has 1 unspecified atom stereocenters. The quantitative estimate of drug-likeness (QED) is 0.458. The third-order valence-corrected chi connectivity index (χ3v) is 5.61. The van der Waals surface area contributed by atoms with Gasteiger partial charge in [0.2, 0.25) is 11.9 Å². The predicted octanol–water partition coefficient (Wildman–Crippen LogP) is 5.28. The molecule has 0 saturated heterocycles. The number of hydrogen-bond acceptors (Lipinski definition) is 5. The van der Waals surface area contributed by atoms with Gasteiger partial charge >= 0.3 is 0 Å². The first kappa shape index (κ1) is 22.5. The molecule has 8 heteroatoms. The zero-order valence-corrected chi connectivity index (χ0v) is 19.4. The molecule has 1 amide bonds. The van der Waals surface area contributed by atoms with E-state index in [9.17, 15) is 9.18 Å². The van der Waals surface area contributed by atoms with E-state index in [0.29, 0.717) is 35.2 Å². The number of fused-ring (bicyclic) bond motifs is 1. The van der Waals surface area contributed by atoms with Gasteiger partial charge in [0.1, 0.15) is 5.82 Å². The summed E-state index contributed by atoms with van der Waals surface area (Å²) in [5.74, 6) is 1.04. The number of benzene rings is 1.